The molecule has 0 atom stereocenters. The van der Waals surface area contributed by atoms with Crippen LogP contribution in [0.25, 0.3) is 0 Å². The van der Waals surface area contributed by atoms with Crippen LogP contribution in [0.3, 0.4) is 0 Å². The molecule has 23 heavy (non-hydrogen) atoms. The smallest absolute Gasteiger partial charge is 0.146 e. The second-order valence-electron chi connectivity index (χ2n) is 7.62. The summed E-state index contributed by atoms with van der Waals surface area (Å²) in [5.41, 5.74) is 5.89. The van der Waals surface area contributed by atoms with Crippen molar-refractivity contribution in [1.29, 1.82) is 0 Å². The minimum Gasteiger partial charge on any atom is -0.328 e. The van der Waals surface area contributed by atoms with E-state index in [-0.39, 0.29) is 0 Å². The van der Waals surface area contributed by atoms with E-state index in [0.29, 0.717) is 12.0 Å². The van der Waals surface area contributed by atoms with Gasteiger partial charge in [0.1, 0.15) is 11.6 Å². The molecule has 0 saturated heterocycles. The van der Waals surface area contributed by atoms with E-state index in [1.807, 2.05) is 0 Å². The molecule has 2 fully saturated rings. The van der Waals surface area contributed by atoms with Gasteiger partial charge < -0.3 is 15.2 Å². The predicted molar refractivity (Wildman–Crippen MR) is 92.2 cm³/mol. The third kappa shape index (κ3) is 3.92. The van der Waals surface area contributed by atoms with E-state index in [1.54, 1.807) is 0 Å². The lowest BCUT2D eigenvalue weighted by molar-refractivity contribution is 0.201. The van der Waals surface area contributed by atoms with Gasteiger partial charge in [-0.05, 0) is 39.8 Å². The molecular weight excluding hydrogens is 288 g/mol. The summed E-state index contributed by atoms with van der Waals surface area (Å²) in [5, 5.41) is 8.81. The van der Waals surface area contributed by atoms with Crippen LogP contribution in [0, 0.1) is 0 Å². The van der Waals surface area contributed by atoms with Crippen LogP contribution in [0.15, 0.2) is 0 Å². The molecule has 6 heteroatoms. The molecular formula is C17H32N6. The standard InChI is InChI=1S/C17H32N6/c1-21(8-9-22(2)15-6-4-5-7-15)12-16-19-20-17(23(16)3)13-10-14(18)11-13/h13-15H,4-12,18H2,1-3H3. The highest BCUT2D eigenvalue weighted by Gasteiger charge is 2.31. The average Bonchev–Trinajstić information content (AvgIpc) is 3.13. The Morgan fingerprint density at radius 2 is 1.83 bits per heavy atom. The molecule has 130 valence electrons. The average molecular weight is 320 g/mol. The van der Waals surface area contributed by atoms with Crippen LogP contribution < -0.4 is 5.73 Å². The summed E-state index contributed by atoms with van der Waals surface area (Å²) in [7, 11) is 6.53. The highest BCUT2D eigenvalue weighted by Crippen LogP contribution is 2.34. The van der Waals surface area contributed by atoms with Crippen LogP contribution in [0.2, 0.25) is 0 Å². The van der Waals surface area contributed by atoms with E-state index < -0.39 is 0 Å². The predicted octanol–water partition coefficient (Wildman–Crippen LogP) is 1.33. The van der Waals surface area contributed by atoms with Crippen molar-refractivity contribution in [3.05, 3.63) is 11.6 Å². The molecule has 0 aliphatic heterocycles. The third-order valence-electron chi connectivity index (χ3n) is 5.73. The van der Waals surface area contributed by atoms with Gasteiger partial charge in [-0.1, -0.05) is 12.8 Å². The Kier molecular flexibility index (Phi) is 5.34. The molecule has 2 aliphatic rings. The molecule has 0 unspecified atom stereocenters. The van der Waals surface area contributed by atoms with Crippen LogP contribution in [-0.2, 0) is 13.6 Å². The van der Waals surface area contributed by atoms with Crippen LogP contribution in [0.5, 0.6) is 0 Å². The van der Waals surface area contributed by atoms with E-state index in [4.69, 9.17) is 5.73 Å². The molecule has 0 bridgehead atoms. The van der Waals surface area contributed by atoms with Crippen molar-refractivity contribution in [2.45, 2.75) is 63.1 Å². The summed E-state index contributed by atoms with van der Waals surface area (Å²) in [6.07, 6.45) is 7.64. The quantitative estimate of drug-likeness (QED) is 0.821. The normalized spacial score (nSPS) is 25.5. The molecule has 0 spiro atoms. The number of rotatable bonds is 7. The zero-order valence-electron chi connectivity index (χ0n) is 14.9. The fraction of sp³-hybridized carbons (Fsp3) is 0.882. The highest BCUT2D eigenvalue weighted by atomic mass is 15.3. The monoisotopic (exact) mass is 320 g/mol. The molecule has 1 aromatic rings. The lowest BCUT2D eigenvalue weighted by Gasteiger charge is -2.31. The van der Waals surface area contributed by atoms with E-state index in [2.05, 4.69) is 45.7 Å². The summed E-state index contributed by atoms with van der Waals surface area (Å²) in [6, 6.07) is 1.15. The molecule has 3 rings (SSSR count). The molecule has 0 amide bonds. The summed E-state index contributed by atoms with van der Waals surface area (Å²) < 4.78 is 2.17. The first-order chi connectivity index (χ1) is 11.0. The Balaban J connectivity index is 1.47. The van der Waals surface area contributed by atoms with Gasteiger partial charge in [0.15, 0.2) is 0 Å². The van der Waals surface area contributed by atoms with Gasteiger partial charge in [0.05, 0.1) is 6.54 Å². The van der Waals surface area contributed by atoms with Gasteiger partial charge in [0.25, 0.3) is 0 Å². The lowest BCUT2D eigenvalue weighted by Crippen LogP contribution is -2.36. The van der Waals surface area contributed by atoms with Crippen LogP contribution in [0.4, 0.5) is 0 Å². The van der Waals surface area contributed by atoms with E-state index in [9.17, 15) is 0 Å². The topological polar surface area (TPSA) is 63.2 Å². The second kappa shape index (κ2) is 7.28. The SMILES string of the molecule is CN(CCN(C)C1CCCC1)Cc1nnc(C2CC(N)C2)n1C. The first-order valence-electron chi connectivity index (χ1n) is 9.07. The molecule has 1 aromatic heterocycles. The maximum absolute atomic E-state index is 5.89. The molecule has 6 nitrogen and oxygen atoms in total. The first-order valence-corrected chi connectivity index (χ1v) is 9.07. The van der Waals surface area contributed by atoms with E-state index in [1.165, 1.54) is 25.7 Å². The van der Waals surface area contributed by atoms with Crippen LogP contribution in [-0.4, -0.2) is 63.8 Å². The Morgan fingerprint density at radius 1 is 1.13 bits per heavy atom. The maximum Gasteiger partial charge on any atom is 0.146 e. The Labute approximate surface area is 140 Å². The number of likely N-dealkylation sites (N-methyl/N-ethyl adjacent to an activating group) is 2. The minimum absolute atomic E-state index is 0.356. The summed E-state index contributed by atoms with van der Waals surface area (Å²) >= 11 is 0. The van der Waals surface area contributed by atoms with Crippen LogP contribution in [0.1, 0.15) is 56.1 Å². The summed E-state index contributed by atoms with van der Waals surface area (Å²) in [4.78, 5) is 4.88. The molecule has 1 heterocycles. The van der Waals surface area contributed by atoms with Crippen molar-refractivity contribution in [2.24, 2.45) is 12.8 Å². The van der Waals surface area contributed by atoms with Gasteiger partial charge in [-0.3, -0.25) is 4.90 Å². The maximum atomic E-state index is 5.89. The van der Waals surface area contributed by atoms with Crippen molar-refractivity contribution in [2.75, 3.05) is 27.2 Å². The molecule has 2 saturated carbocycles. The van der Waals surface area contributed by atoms with Gasteiger partial charge in [0.2, 0.25) is 0 Å². The molecule has 2 N–H and O–H groups in total. The number of nitrogens with two attached hydrogens (primary N) is 1. The second-order valence-corrected chi connectivity index (χ2v) is 7.62. The third-order valence-corrected chi connectivity index (χ3v) is 5.73. The van der Waals surface area contributed by atoms with Crippen molar-refractivity contribution in [3.8, 4) is 0 Å². The fourth-order valence-corrected chi connectivity index (χ4v) is 3.92. The largest absolute Gasteiger partial charge is 0.328 e. The van der Waals surface area contributed by atoms with Crippen molar-refractivity contribution in [3.63, 3.8) is 0 Å². The highest BCUT2D eigenvalue weighted by molar-refractivity contribution is 5.08. The minimum atomic E-state index is 0.356. The van der Waals surface area contributed by atoms with Gasteiger partial charge in [0, 0.05) is 38.1 Å². The fourth-order valence-electron chi connectivity index (χ4n) is 3.92. The number of aromatic nitrogens is 3. The Morgan fingerprint density at radius 3 is 2.48 bits per heavy atom. The van der Waals surface area contributed by atoms with Gasteiger partial charge in [-0.15, -0.1) is 10.2 Å². The zero-order chi connectivity index (χ0) is 16.4. The molecule has 0 aromatic carbocycles. The van der Waals surface area contributed by atoms with Crippen molar-refractivity contribution < 1.29 is 0 Å². The molecule has 0 radical (unpaired) electrons. The summed E-state index contributed by atoms with van der Waals surface area (Å²) in [5.74, 6) is 2.68. The molecule has 2 aliphatic carbocycles. The van der Waals surface area contributed by atoms with E-state index in [0.717, 1.165) is 50.2 Å². The first kappa shape index (κ1) is 16.9. The number of nitrogens with zero attached hydrogens (tertiary/aromatic N) is 5. The zero-order valence-corrected chi connectivity index (χ0v) is 14.9. The van der Waals surface area contributed by atoms with Gasteiger partial charge in [-0.2, -0.15) is 0 Å². The van der Waals surface area contributed by atoms with Gasteiger partial charge in [-0.25, -0.2) is 0 Å². The number of hydrogen-bond donors (Lipinski definition) is 1. The van der Waals surface area contributed by atoms with Gasteiger partial charge >= 0.3 is 0 Å². The van der Waals surface area contributed by atoms with E-state index >= 15 is 0 Å². The number of hydrogen-bond acceptors (Lipinski definition) is 5. The van der Waals surface area contributed by atoms with Crippen LogP contribution >= 0.6 is 0 Å². The van der Waals surface area contributed by atoms with Crippen molar-refractivity contribution >= 4 is 0 Å². The Bertz CT molecular complexity index is 501. The van der Waals surface area contributed by atoms with Crippen molar-refractivity contribution in [1.82, 2.24) is 24.6 Å². The Hall–Kier alpha value is -0.980. The summed E-state index contributed by atoms with van der Waals surface area (Å²) in [6.45, 7) is 3.06. The lowest BCUT2D eigenvalue weighted by atomic mass is 9.80.